The monoisotopic (exact) mass is 271 g/mol. The molecule has 0 aromatic heterocycles. The van der Waals surface area contributed by atoms with Crippen molar-refractivity contribution in [2.24, 2.45) is 0 Å². The number of nitrogens with zero attached hydrogens (tertiary/aromatic N) is 1. The molecule has 0 bridgehead atoms. The Bertz CT molecular complexity index is 582. The summed E-state index contributed by atoms with van der Waals surface area (Å²) >= 11 is 5.67. The highest BCUT2D eigenvalue weighted by Crippen LogP contribution is 2.23. The number of sulfone groups is 1. The van der Waals surface area contributed by atoms with Gasteiger partial charge in [-0.05, 0) is 31.2 Å². The lowest BCUT2D eigenvalue weighted by atomic mass is 10.4. The van der Waals surface area contributed by atoms with E-state index >= 15 is 0 Å². The second kappa shape index (κ2) is 5.21. The van der Waals surface area contributed by atoms with Crippen molar-refractivity contribution in [2.45, 2.75) is 11.8 Å². The number of benzene rings is 1. The molecule has 6 heteroatoms. The van der Waals surface area contributed by atoms with Crippen LogP contribution >= 0.6 is 11.6 Å². The maximum Gasteiger partial charge on any atom is 0.219 e. The Morgan fingerprint density at radius 2 is 1.88 bits per heavy atom. The van der Waals surface area contributed by atoms with Gasteiger partial charge in [0.05, 0.1) is 12.0 Å². The minimum atomic E-state index is -3.84. The van der Waals surface area contributed by atoms with E-state index < -0.39 is 14.7 Å². The highest BCUT2D eigenvalue weighted by molar-refractivity contribution is 7.95. The number of methoxy groups -OCH3 is 1. The van der Waals surface area contributed by atoms with Crippen LogP contribution in [0, 0.1) is 11.3 Å². The first-order chi connectivity index (χ1) is 7.93. The number of rotatable bonds is 3. The quantitative estimate of drug-likeness (QED) is 0.626. The Balaban J connectivity index is 3.39. The molecule has 90 valence electrons. The van der Waals surface area contributed by atoms with E-state index in [2.05, 4.69) is 0 Å². The Hall–Kier alpha value is -1.51. The van der Waals surface area contributed by atoms with Gasteiger partial charge in [-0.1, -0.05) is 11.6 Å². The smallest absolute Gasteiger partial charge is 0.219 e. The molecule has 0 saturated heterocycles. The molecule has 0 aliphatic heterocycles. The average molecular weight is 272 g/mol. The maximum absolute atomic E-state index is 12.1. The van der Waals surface area contributed by atoms with Crippen molar-refractivity contribution >= 4 is 21.4 Å². The second-order valence-corrected chi connectivity index (χ2v) is 5.48. The van der Waals surface area contributed by atoms with Crippen molar-refractivity contribution in [1.29, 1.82) is 5.26 Å². The van der Waals surface area contributed by atoms with Crippen LogP contribution in [0.4, 0.5) is 0 Å². The number of allylic oxidation sites excluding steroid dienone is 2. The summed E-state index contributed by atoms with van der Waals surface area (Å²) < 4.78 is 28.9. The predicted molar refractivity (Wildman–Crippen MR) is 64.0 cm³/mol. The van der Waals surface area contributed by atoms with Crippen molar-refractivity contribution in [1.82, 2.24) is 0 Å². The molecule has 0 radical (unpaired) electrons. The molecule has 17 heavy (non-hydrogen) atoms. The molecular weight excluding hydrogens is 262 g/mol. The Kier molecular flexibility index (Phi) is 4.16. The van der Waals surface area contributed by atoms with Gasteiger partial charge in [0.1, 0.15) is 11.8 Å². The van der Waals surface area contributed by atoms with Crippen LogP contribution in [-0.2, 0) is 14.6 Å². The van der Waals surface area contributed by atoms with Crippen molar-refractivity contribution < 1.29 is 13.2 Å². The molecule has 0 fully saturated rings. The molecule has 0 unspecified atom stereocenters. The van der Waals surface area contributed by atoms with Crippen LogP contribution in [0.2, 0.25) is 5.02 Å². The summed E-state index contributed by atoms with van der Waals surface area (Å²) in [5.41, 5.74) is 0. The van der Waals surface area contributed by atoms with Crippen molar-refractivity contribution in [3.05, 3.63) is 40.0 Å². The fourth-order valence-electron chi connectivity index (χ4n) is 1.15. The van der Waals surface area contributed by atoms with Gasteiger partial charge in [0.15, 0.2) is 4.91 Å². The highest BCUT2D eigenvalue weighted by Gasteiger charge is 2.23. The van der Waals surface area contributed by atoms with Crippen LogP contribution in [0.15, 0.2) is 39.8 Å². The normalized spacial score (nSPS) is 12.6. The van der Waals surface area contributed by atoms with Gasteiger partial charge in [0, 0.05) is 5.02 Å². The summed E-state index contributed by atoms with van der Waals surface area (Å²) in [6.07, 6.45) is 0. The summed E-state index contributed by atoms with van der Waals surface area (Å²) in [4.78, 5) is -0.392. The Morgan fingerprint density at radius 1 is 1.35 bits per heavy atom. The van der Waals surface area contributed by atoms with Gasteiger partial charge in [0.2, 0.25) is 9.84 Å². The SMILES string of the molecule is CO/C(C)=C(\C#N)S(=O)(=O)c1ccc(Cl)cc1. The topological polar surface area (TPSA) is 67.2 Å². The number of hydrogen-bond donors (Lipinski definition) is 0. The van der Waals surface area contributed by atoms with Crippen LogP contribution in [0.5, 0.6) is 0 Å². The average Bonchev–Trinajstić information content (AvgIpc) is 2.29. The van der Waals surface area contributed by atoms with E-state index in [0.29, 0.717) is 5.02 Å². The third-order valence-corrected chi connectivity index (χ3v) is 4.18. The summed E-state index contributed by atoms with van der Waals surface area (Å²) in [5.74, 6) is 0.0578. The van der Waals surface area contributed by atoms with Gasteiger partial charge in [-0.25, -0.2) is 8.42 Å². The van der Waals surface area contributed by atoms with E-state index in [-0.39, 0.29) is 10.7 Å². The molecule has 1 aromatic rings. The fraction of sp³-hybridized carbons (Fsp3) is 0.182. The van der Waals surface area contributed by atoms with Crippen LogP contribution in [0.3, 0.4) is 0 Å². The molecule has 1 rings (SSSR count). The van der Waals surface area contributed by atoms with Crippen molar-refractivity contribution in [2.75, 3.05) is 7.11 Å². The van der Waals surface area contributed by atoms with Gasteiger partial charge in [-0.2, -0.15) is 5.26 Å². The summed E-state index contributed by atoms with van der Waals surface area (Å²) in [5, 5.41) is 9.31. The lowest BCUT2D eigenvalue weighted by molar-refractivity contribution is 0.292. The van der Waals surface area contributed by atoms with E-state index in [0.717, 1.165) is 0 Å². The second-order valence-electron chi connectivity index (χ2n) is 3.16. The fourth-order valence-corrected chi connectivity index (χ4v) is 2.59. The molecule has 0 aliphatic carbocycles. The van der Waals surface area contributed by atoms with Gasteiger partial charge in [-0.3, -0.25) is 0 Å². The molecule has 0 saturated carbocycles. The van der Waals surface area contributed by atoms with Crippen LogP contribution < -0.4 is 0 Å². The van der Waals surface area contributed by atoms with Crippen LogP contribution in [0.25, 0.3) is 0 Å². The van der Waals surface area contributed by atoms with Crippen molar-refractivity contribution in [3.8, 4) is 6.07 Å². The summed E-state index contributed by atoms with van der Waals surface area (Å²) in [6, 6.07) is 7.23. The third kappa shape index (κ3) is 2.78. The zero-order chi connectivity index (χ0) is 13.1. The first kappa shape index (κ1) is 13.6. The van der Waals surface area contributed by atoms with E-state index in [1.165, 1.54) is 38.3 Å². The number of hydrogen-bond acceptors (Lipinski definition) is 4. The van der Waals surface area contributed by atoms with Crippen molar-refractivity contribution in [3.63, 3.8) is 0 Å². The van der Waals surface area contributed by atoms with Gasteiger partial charge in [0.25, 0.3) is 0 Å². The molecule has 0 atom stereocenters. The first-order valence-corrected chi connectivity index (χ1v) is 6.45. The first-order valence-electron chi connectivity index (χ1n) is 4.59. The van der Waals surface area contributed by atoms with E-state index in [1.807, 2.05) is 0 Å². The predicted octanol–water partition coefficient (Wildman–Crippen LogP) is 2.52. The van der Waals surface area contributed by atoms with Gasteiger partial charge < -0.3 is 4.74 Å². The lowest BCUT2D eigenvalue weighted by Gasteiger charge is -2.06. The standard InChI is InChI=1S/C11H10ClNO3S/c1-8(16-2)11(7-13)17(14,15)10-5-3-9(12)4-6-10/h3-6H,1-2H3/b11-8+. The molecule has 4 nitrogen and oxygen atoms in total. The number of nitriles is 1. The van der Waals surface area contributed by atoms with E-state index in [9.17, 15) is 8.42 Å². The Morgan fingerprint density at radius 3 is 2.29 bits per heavy atom. The largest absolute Gasteiger partial charge is 0.499 e. The van der Waals surface area contributed by atoms with Crippen LogP contribution in [0.1, 0.15) is 6.92 Å². The van der Waals surface area contributed by atoms with Crippen LogP contribution in [-0.4, -0.2) is 15.5 Å². The zero-order valence-corrected chi connectivity index (χ0v) is 10.8. The molecule has 0 heterocycles. The number of halogens is 1. The molecule has 0 spiro atoms. The third-order valence-electron chi connectivity index (χ3n) is 2.12. The minimum absolute atomic E-state index is 0.00912. The highest BCUT2D eigenvalue weighted by atomic mass is 35.5. The zero-order valence-electron chi connectivity index (χ0n) is 9.27. The molecular formula is C11H10ClNO3S. The molecule has 0 N–H and O–H groups in total. The lowest BCUT2D eigenvalue weighted by Crippen LogP contribution is -2.06. The molecule has 0 amide bonds. The minimum Gasteiger partial charge on any atom is -0.499 e. The Labute approximate surface area is 105 Å². The van der Waals surface area contributed by atoms with Gasteiger partial charge in [-0.15, -0.1) is 0 Å². The summed E-state index contributed by atoms with van der Waals surface area (Å²) in [6.45, 7) is 1.42. The van der Waals surface area contributed by atoms with E-state index in [4.69, 9.17) is 21.6 Å². The molecule has 1 aromatic carbocycles. The number of ether oxygens (including phenoxy) is 1. The van der Waals surface area contributed by atoms with E-state index in [1.54, 1.807) is 6.07 Å². The molecule has 0 aliphatic rings. The van der Waals surface area contributed by atoms with Gasteiger partial charge >= 0.3 is 0 Å². The summed E-state index contributed by atoms with van der Waals surface area (Å²) in [7, 11) is -2.53. The maximum atomic E-state index is 12.1.